The molecule has 0 unspecified atom stereocenters. The van der Waals surface area contributed by atoms with Crippen molar-refractivity contribution in [3.8, 4) is 0 Å². The number of hydrogen-bond donors (Lipinski definition) is 1. The fourth-order valence-corrected chi connectivity index (χ4v) is 2.45. The lowest BCUT2D eigenvalue weighted by molar-refractivity contribution is -0.0383. The Morgan fingerprint density at radius 3 is 3.12 bits per heavy atom. The van der Waals surface area contributed by atoms with Gasteiger partial charge in [0.25, 0.3) is 0 Å². The molecular formula is C11H18N2O2S. The van der Waals surface area contributed by atoms with Crippen LogP contribution in [0.15, 0.2) is 6.20 Å². The summed E-state index contributed by atoms with van der Waals surface area (Å²) in [6.45, 7) is 5.31. The van der Waals surface area contributed by atoms with E-state index in [1.54, 1.807) is 11.3 Å². The summed E-state index contributed by atoms with van der Waals surface area (Å²) >= 11 is 1.67. The van der Waals surface area contributed by atoms with Crippen LogP contribution < -0.4 is 5.32 Å². The fraction of sp³-hybridized carbons (Fsp3) is 0.727. The molecule has 1 aliphatic heterocycles. The van der Waals surface area contributed by atoms with Gasteiger partial charge >= 0.3 is 0 Å². The Balaban J connectivity index is 1.75. The van der Waals surface area contributed by atoms with Gasteiger partial charge < -0.3 is 14.8 Å². The van der Waals surface area contributed by atoms with Gasteiger partial charge in [0.1, 0.15) is 0 Å². The van der Waals surface area contributed by atoms with E-state index in [0.29, 0.717) is 12.7 Å². The lowest BCUT2D eigenvalue weighted by atomic mass is 10.2. The van der Waals surface area contributed by atoms with Crippen molar-refractivity contribution in [2.45, 2.75) is 32.5 Å². The first-order valence-corrected chi connectivity index (χ1v) is 6.58. The van der Waals surface area contributed by atoms with Crippen molar-refractivity contribution in [1.82, 2.24) is 4.98 Å². The van der Waals surface area contributed by atoms with Gasteiger partial charge in [-0.25, -0.2) is 4.98 Å². The van der Waals surface area contributed by atoms with Gasteiger partial charge in [-0.3, -0.25) is 0 Å². The molecule has 1 aliphatic rings. The topological polar surface area (TPSA) is 43.4 Å². The molecule has 4 nitrogen and oxygen atoms in total. The van der Waals surface area contributed by atoms with E-state index in [-0.39, 0.29) is 0 Å². The van der Waals surface area contributed by atoms with Crippen LogP contribution in [0.25, 0.3) is 0 Å². The molecule has 2 rings (SSSR count). The molecule has 0 amide bonds. The van der Waals surface area contributed by atoms with Gasteiger partial charge in [-0.1, -0.05) is 11.3 Å². The van der Waals surface area contributed by atoms with Crippen LogP contribution in [-0.2, 0) is 16.1 Å². The summed E-state index contributed by atoms with van der Waals surface area (Å²) in [7, 11) is 0. The van der Waals surface area contributed by atoms with Crippen molar-refractivity contribution in [2.24, 2.45) is 0 Å². The van der Waals surface area contributed by atoms with Gasteiger partial charge in [0.05, 0.1) is 17.6 Å². The monoisotopic (exact) mass is 242 g/mol. The molecule has 1 aromatic rings. The van der Waals surface area contributed by atoms with Crippen LogP contribution in [0.3, 0.4) is 0 Å². The van der Waals surface area contributed by atoms with Crippen LogP contribution in [-0.4, -0.2) is 30.8 Å². The molecule has 0 radical (unpaired) electrons. The highest BCUT2D eigenvalue weighted by Crippen LogP contribution is 2.20. The summed E-state index contributed by atoms with van der Waals surface area (Å²) in [5.41, 5.74) is 0. The van der Waals surface area contributed by atoms with Gasteiger partial charge in [-0.2, -0.15) is 0 Å². The summed E-state index contributed by atoms with van der Waals surface area (Å²) < 4.78 is 11.1. The molecule has 0 spiro atoms. The Morgan fingerprint density at radius 2 is 2.38 bits per heavy atom. The van der Waals surface area contributed by atoms with E-state index in [2.05, 4.69) is 17.2 Å². The minimum atomic E-state index is 0.360. The third-order valence-electron chi connectivity index (χ3n) is 2.51. The number of thiazole rings is 1. The maximum absolute atomic E-state index is 5.82. The highest BCUT2D eigenvalue weighted by molar-refractivity contribution is 7.15. The van der Waals surface area contributed by atoms with Gasteiger partial charge in [0.15, 0.2) is 5.13 Å². The van der Waals surface area contributed by atoms with Crippen LogP contribution in [0.1, 0.15) is 24.6 Å². The van der Waals surface area contributed by atoms with Crippen molar-refractivity contribution in [3.63, 3.8) is 0 Å². The van der Waals surface area contributed by atoms with Gasteiger partial charge in [0, 0.05) is 26.0 Å². The molecule has 5 heteroatoms. The van der Waals surface area contributed by atoms with Gasteiger partial charge in [0.2, 0.25) is 0 Å². The Hall–Kier alpha value is -0.650. The Morgan fingerprint density at radius 1 is 1.56 bits per heavy atom. The quantitative estimate of drug-likeness (QED) is 0.860. The number of ether oxygens (including phenoxy) is 2. The van der Waals surface area contributed by atoms with E-state index < -0.39 is 0 Å². The number of aromatic nitrogens is 1. The van der Waals surface area contributed by atoms with Crippen LogP contribution in [0.4, 0.5) is 5.13 Å². The number of nitrogens with zero attached hydrogens (tertiary/aromatic N) is 1. The molecule has 2 heterocycles. The Bertz CT molecular complexity index is 311. The van der Waals surface area contributed by atoms with E-state index in [1.165, 1.54) is 4.88 Å². The van der Waals surface area contributed by atoms with E-state index >= 15 is 0 Å². The lowest BCUT2D eigenvalue weighted by Gasteiger charge is -2.21. The van der Waals surface area contributed by atoms with Gasteiger partial charge in [-0.05, 0) is 19.8 Å². The molecule has 0 aliphatic carbocycles. The molecule has 1 fully saturated rings. The average Bonchev–Trinajstić information content (AvgIpc) is 2.76. The number of hydrogen-bond acceptors (Lipinski definition) is 5. The second-order valence-electron chi connectivity index (χ2n) is 3.78. The summed E-state index contributed by atoms with van der Waals surface area (Å²) in [4.78, 5) is 5.46. The van der Waals surface area contributed by atoms with E-state index in [0.717, 1.165) is 37.7 Å². The number of nitrogens with one attached hydrogen (secondary N) is 1. The highest BCUT2D eigenvalue weighted by atomic mass is 32.1. The molecule has 1 saturated heterocycles. The Kier molecular flexibility index (Phi) is 4.56. The summed E-state index contributed by atoms with van der Waals surface area (Å²) in [5.74, 6) is 0. The second-order valence-corrected chi connectivity index (χ2v) is 4.90. The summed E-state index contributed by atoms with van der Waals surface area (Å²) in [5, 5.41) is 4.18. The third kappa shape index (κ3) is 3.43. The maximum Gasteiger partial charge on any atom is 0.182 e. The van der Waals surface area contributed by atoms with Crippen LogP contribution in [0.2, 0.25) is 0 Å². The predicted octanol–water partition coefficient (Wildman–Crippen LogP) is 2.27. The minimum Gasteiger partial charge on any atom is -0.381 e. The smallest absolute Gasteiger partial charge is 0.182 e. The van der Waals surface area contributed by atoms with Crippen LogP contribution >= 0.6 is 11.3 Å². The zero-order valence-electron chi connectivity index (χ0n) is 9.57. The Labute approximate surface area is 100.0 Å². The first-order valence-electron chi connectivity index (χ1n) is 5.76. The van der Waals surface area contributed by atoms with Crippen molar-refractivity contribution >= 4 is 16.5 Å². The second kappa shape index (κ2) is 6.18. The molecule has 90 valence electrons. The standard InChI is InChI=1S/C11H18N2O2S/c1-2-12-11-13-7-10(16-11)8-15-9-3-5-14-6-4-9/h7,9H,2-6,8H2,1H3,(H,12,13). The van der Waals surface area contributed by atoms with E-state index in [1.807, 2.05) is 6.20 Å². The number of anilines is 1. The molecule has 0 saturated carbocycles. The molecule has 1 aromatic heterocycles. The molecule has 0 aromatic carbocycles. The molecule has 1 N–H and O–H groups in total. The molecule has 0 bridgehead atoms. The molecule has 16 heavy (non-hydrogen) atoms. The van der Waals surface area contributed by atoms with Crippen molar-refractivity contribution in [2.75, 3.05) is 25.1 Å². The van der Waals surface area contributed by atoms with Crippen molar-refractivity contribution < 1.29 is 9.47 Å². The first-order chi connectivity index (χ1) is 7.88. The zero-order valence-corrected chi connectivity index (χ0v) is 10.4. The molecular weight excluding hydrogens is 224 g/mol. The van der Waals surface area contributed by atoms with E-state index in [4.69, 9.17) is 9.47 Å². The van der Waals surface area contributed by atoms with Crippen LogP contribution in [0, 0.1) is 0 Å². The molecule has 0 atom stereocenters. The highest BCUT2D eigenvalue weighted by Gasteiger charge is 2.14. The van der Waals surface area contributed by atoms with Crippen molar-refractivity contribution in [3.05, 3.63) is 11.1 Å². The van der Waals surface area contributed by atoms with Gasteiger partial charge in [-0.15, -0.1) is 0 Å². The predicted molar refractivity (Wildman–Crippen MR) is 64.9 cm³/mol. The zero-order chi connectivity index (χ0) is 11.2. The fourth-order valence-electron chi connectivity index (χ4n) is 1.65. The maximum atomic E-state index is 5.82. The normalized spacial score (nSPS) is 17.6. The number of rotatable bonds is 5. The minimum absolute atomic E-state index is 0.360. The van der Waals surface area contributed by atoms with Crippen LogP contribution in [0.5, 0.6) is 0 Å². The summed E-state index contributed by atoms with van der Waals surface area (Å²) in [6, 6.07) is 0. The summed E-state index contributed by atoms with van der Waals surface area (Å²) in [6.07, 6.45) is 4.28. The lowest BCUT2D eigenvalue weighted by Crippen LogP contribution is -2.23. The SMILES string of the molecule is CCNc1ncc(COC2CCOCC2)s1. The average molecular weight is 242 g/mol. The van der Waals surface area contributed by atoms with Crippen molar-refractivity contribution in [1.29, 1.82) is 0 Å². The first kappa shape index (κ1) is 11.8. The largest absolute Gasteiger partial charge is 0.381 e. The third-order valence-corrected chi connectivity index (χ3v) is 3.44. The van der Waals surface area contributed by atoms with E-state index in [9.17, 15) is 0 Å².